The Morgan fingerprint density at radius 1 is 0.486 bits per heavy atom. The summed E-state index contributed by atoms with van der Waals surface area (Å²) in [7, 11) is -8.29. The van der Waals surface area contributed by atoms with E-state index in [4.69, 9.17) is 0 Å². The number of rotatable bonds is 9. The van der Waals surface area contributed by atoms with Crippen LogP contribution in [0.25, 0.3) is 0 Å². The first-order chi connectivity index (χ1) is 14.2. The Balaban J connectivity index is 0. The molecule has 0 rings (SSSR count). The van der Waals surface area contributed by atoms with Crippen LogP contribution < -0.4 is 6.15 Å². The van der Waals surface area contributed by atoms with Gasteiger partial charge in [0.15, 0.2) is 10.1 Å². The van der Waals surface area contributed by atoms with E-state index >= 15 is 0 Å². The molecule has 0 aliphatic carbocycles. The van der Waals surface area contributed by atoms with Crippen molar-refractivity contribution < 1.29 is 101 Å². The van der Waals surface area contributed by atoms with E-state index in [0.29, 0.717) is 0 Å². The van der Waals surface area contributed by atoms with Gasteiger partial charge in [0, 0.05) is 0 Å². The monoisotopic (exact) mass is 599 g/mol. The standard InChI is InChI=1S/C10H2F20O3S.H3N/c11-1(3(14,15)16)2(12,13)4(17,18)5(19,20)6(21,22)7(23,24)8(25,26)9(27,28)10(29,30)34(31,32)33;/h1H,(H,31,32,33);1H3. The molecule has 0 bridgehead atoms. The summed E-state index contributed by atoms with van der Waals surface area (Å²) in [5, 5.41) is -8.11. The second-order valence-electron chi connectivity index (χ2n) is 5.94. The lowest BCUT2D eigenvalue weighted by atomic mass is 9.88. The third-order valence-electron chi connectivity index (χ3n) is 3.68. The molecule has 0 saturated heterocycles. The van der Waals surface area contributed by atoms with Crippen LogP contribution in [0.2, 0.25) is 0 Å². The fraction of sp³-hybridized carbons (Fsp3) is 1.00. The number of quaternary nitrogens is 1. The van der Waals surface area contributed by atoms with Crippen molar-refractivity contribution in [3.63, 3.8) is 0 Å². The highest BCUT2D eigenvalue weighted by Gasteiger charge is 2.96. The summed E-state index contributed by atoms with van der Waals surface area (Å²) >= 11 is 0. The highest BCUT2D eigenvalue weighted by atomic mass is 32.2. The van der Waals surface area contributed by atoms with E-state index in [-0.39, 0.29) is 6.15 Å². The SMILES string of the molecule is O=S(=O)([O-])C(F)(F)C(F)(F)C(F)(F)C(F)(F)C(F)(F)C(F)(F)C(F)(F)C(F)(F)C(F)C(F)(F)F.[NH4+]. The highest BCUT2D eigenvalue weighted by Crippen LogP contribution is 2.65. The molecular weight excluding hydrogens is 594 g/mol. The first-order valence-corrected chi connectivity index (χ1v) is 8.25. The summed E-state index contributed by atoms with van der Waals surface area (Å²) in [5.41, 5.74) is 0. The smallest absolute Gasteiger partial charge is 0.425 e. The van der Waals surface area contributed by atoms with E-state index in [1.165, 1.54) is 0 Å². The van der Waals surface area contributed by atoms with Gasteiger partial charge in [-0.05, 0) is 0 Å². The Morgan fingerprint density at radius 3 is 0.943 bits per heavy atom. The average Bonchev–Trinajstić information content (AvgIpc) is 2.57. The van der Waals surface area contributed by atoms with Crippen LogP contribution >= 0.6 is 0 Å². The van der Waals surface area contributed by atoms with Gasteiger partial charge in [0.05, 0.1) is 0 Å². The molecule has 0 saturated carbocycles. The number of alkyl halides is 20. The predicted octanol–water partition coefficient (Wildman–Crippen LogP) is 5.85. The third-order valence-corrected chi connectivity index (χ3v) is 4.56. The molecule has 0 aromatic rings. The second kappa shape index (κ2) is 8.51. The molecule has 0 radical (unpaired) electrons. The van der Waals surface area contributed by atoms with Crippen molar-refractivity contribution in [3.8, 4) is 0 Å². The third kappa shape index (κ3) is 4.43. The van der Waals surface area contributed by atoms with Crippen LogP contribution in [-0.2, 0) is 10.1 Å². The maximum atomic E-state index is 13.3. The minimum atomic E-state index is -9.21. The van der Waals surface area contributed by atoms with Gasteiger partial charge in [-0.25, -0.2) is 12.8 Å². The van der Waals surface area contributed by atoms with Crippen LogP contribution in [0.5, 0.6) is 0 Å². The van der Waals surface area contributed by atoms with Crippen molar-refractivity contribution in [1.29, 1.82) is 0 Å². The van der Waals surface area contributed by atoms with E-state index in [2.05, 4.69) is 0 Å². The quantitative estimate of drug-likeness (QED) is 0.267. The van der Waals surface area contributed by atoms with Gasteiger partial charge in [0.1, 0.15) is 0 Å². The van der Waals surface area contributed by atoms with Crippen LogP contribution in [0.15, 0.2) is 0 Å². The lowest BCUT2D eigenvalue weighted by Crippen LogP contribution is -2.76. The molecule has 35 heavy (non-hydrogen) atoms. The second-order valence-corrected chi connectivity index (χ2v) is 7.37. The van der Waals surface area contributed by atoms with Crippen molar-refractivity contribution in [2.45, 2.75) is 59.1 Å². The van der Waals surface area contributed by atoms with Crippen LogP contribution in [0.1, 0.15) is 0 Å². The molecule has 4 nitrogen and oxygen atoms in total. The summed E-state index contributed by atoms with van der Waals surface area (Å²) in [6.45, 7) is 0. The molecule has 0 aliphatic rings. The van der Waals surface area contributed by atoms with Gasteiger partial charge >= 0.3 is 52.9 Å². The maximum absolute atomic E-state index is 13.3. The van der Waals surface area contributed by atoms with Crippen molar-refractivity contribution >= 4 is 10.1 Å². The normalized spacial score (nSPS) is 17.2. The minimum absolute atomic E-state index is 0. The Bertz CT molecular complexity index is 876. The van der Waals surface area contributed by atoms with Gasteiger partial charge in [-0.1, -0.05) is 0 Å². The van der Waals surface area contributed by atoms with Crippen molar-refractivity contribution in [3.05, 3.63) is 0 Å². The highest BCUT2D eigenvalue weighted by molar-refractivity contribution is 7.86. The molecule has 0 aliphatic heterocycles. The van der Waals surface area contributed by atoms with Gasteiger partial charge in [0.25, 0.3) is 6.17 Å². The van der Waals surface area contributed by atoms with Crippen LogP contribution in [0.3, 0.4) is 0 Å². The first kappa shape index (κ1) is 35.6. The number of hydrogen-bond acceptors (Lipinski definition) is 3. The van der Waals surface area contributed by atoms with Gasteiger partial charge < -0.3 is 10.7 Å². The molecule has 1 unspecified atom stereocenters. The van der Waals surface area contributed by atoms with Crippen molar-refractivity contribution in [2.24, 2.45) is 0 Å². The number of halogens is 20. The average molecular weight is 599 g/mol. The molecule has 214 valence electrons. The van der Waals surface area contributed by atoms with Gasteiger partial charge in [-0.15, -0.1) is 0 Å². The van der Waals surface area contributed by atoms with Crippen molar-refractivity contribution in [2.75, 3.05) is 0 Å². The van der Waals surface area contributed by atoms with Crippen LogP contribution in [0.4, 0.5) is 87.8 Å². The Kier molecular flexibility index (Phi) is 8.66. The molecule has 0 spiro atoms. The lowest BCUT2D eigenvalue weighted by Gasteiger charge is -2.44. The summed E-state index contributed by atoms with van der Waals surface area (Å²) in [6.07, 6.45) is -14.0. The largest absolute Gasteiger partial charge is 0.743 e. The Labute approximate surface area is 177 Å². The van der Waals surface area contributed by atoms with E-state index in [0.717, 1.165) is 0 Å². The summed E-state index contributed by atoms with van der Waals surface area (Å²) in [4.78, 5) is 0. The zero-order valence-corrected chi connectivity index (χ0v) is 16.1. The fourth-order valence-corrected chi connectivity index (χ4v) is 2.14. The van der Waals surface area contributed by atoms with Crippen molar-refractivity contribution in [1.82, 2.24) is 6.15 Å². The molecule has 25 heteroatoms. The molecule has 0 aromatic heterocycles. The molecule has 0 fully saturated rings. The Morgan fingerprint density at radius 2 is 0.714 bits per heavy atom. The van der Waals surface area contributed by atoms with E-state index in [9.17, 15) is 101 Å². The van der Waals surface area contributed by atoms with E-state index in [1.807, 2.05) is 0 Å². The molecule has 0 heterocycles. The molecule has 4 N–H and O–H groups in total. The topological polar surface area (TPSA) is 93.7 Å². The molecular formula is C10H5F20NO3S. The first-order valence-electron chi connectivity index (χ1n) is 6.84. The van der Waals surface area contributed by atoms with E-state index in [1.54, 1.807) is 0 Å². The fourth-order valence-electron chi connectivity index (χ4n) is 1.70. The van der Waals surface area contributed by atoms with E-state index < -0.39 is 69.2 Å². The zero-order chi connectivity index (χ0) is 28.6. The zero-order valence-electron chi connectivity index (χ0n) is 15.3. The summed E-state index contributed by atoms with van der Waals surface area (Å²) < 4.78 is 287. The summed E-state index contributed by atoms with van der Waals surface area (Å²) in [6, 6.07) is 0. The molecule has 0 amide bonds. The van der Waals surface area contributed by atoms with Gasteiger partial charge in [-0.2, -0.15) is 83.4 Å². The van der Waals surface area contributed by atoms with Gasteiger partial charge in [0.2, 0.25) is 0 Å². The van der Waals surface area contributed by atoms with Crippen LogP contribution in [-0.4, -0.2) is 72.0 Å². The van der Waals surface area contributed by atoms with Crippen LogP contribution in [0, 0.1) is 0 Å². The minimum Gasteiger partial charge on any atom is -0.743 e. The maximum Gasteiger partial charge on any atom is 0.425 e. The number of hydrogen-bond donors (Lipinski definition) is 1. The predicted molar refractivity (Wildman–Crippen MR) is 66.2 cm³/mol. The summed E-state index contributed by atoms with van der Waals surface area (Å²) in [5.74, 6) is -62.3. The molecule has 0 aromatic carbocycles. The Hall–Kier alpha value is -1.53. The lowest BCUT2D eigenvalue weighted by molar-refractivity contribution is -0.455. The van der Waals surface area contributed by atoms with Gasteiger partial charge in [-0.3, -0.25) is 0 Å². The molecule has 1 atom stereocenters.